The molecule has 0 spiro atoms. The average molecular weight is 339 g/mol. The Morgan fingerprint density at radius 3 is 2.58 bits per heavy atom. The highest BCUT2D eigenvalue weighted by Gasteiger charge is 2.19. The van der Waals surface area contributed by atoms with Gasteiger partial charge >= 0.3 is 0 Å². The lowest BCUT2D eigenvalue weighted by molar-refractivity contribution is -0.117. The van der Waals surface area contributed by atoms with E-state index < -0.39 is 0 Å². The molecule has 0 aliphatic rings. The highest BCUT2D eigenvalue weighted by atomic mass is 32.2. The normalized spacial score (nSPS) is 12.4. The molecule has 4 nitrogen and oxygen atoms in total. The van der Waals surface area contributed by atoms with E-state index in [0.717, 1.165) is 29.2 Å². The summed E-state index contributed by atoms with van der Waals surface area (Å²) in [5.74, 6) is -0.288. The third-order valence-electron chi connectivity index (χ3n) is 4.02. The lowest BCUT2D eigenvalue weighted by Crippen LogP contribution is -2.25. The van der Waals surface area contributed by atoms with Gasteiger partial charge in [-0.15, -0.1) is 0 Å². The first-order chi connectivity index (χ1) is 11.7. The van der Waals surface area contributed by atoms with Crippen LogP contribution in [0.5, 0.6) is 0 Å². The van der Waals surface area contributed by atoms with E-state index in [2.05, 4.69) is 34.9 Å². The maximum atomic E-state index is 11.6. The number of amides is 1. The van der Waals surface area contributed by atoms with Crippen LogP contribution in [-0.4, -0.2) is 20.7 Å². The summed E-state index contributed by atoms with van der Waals surface area (Å²) in [4.78, 5) is 16.3. The van der Waals surface area contributed by atoms with Crippen molar-refractivity contribution in [2.75, 3.05) is 0 Å². The molecule has 3 aromatic rings. The predicted octanol–water partition coefficient (Wildman–Crippen LogP) is 3.64. The second-order valence-corrected chi connectivity index (χ2v) is 6.86. The number of hydrogen-bond acceptors (Lipinski definition) is 3. The third-order valence-corrected chi connectivity index (χ3v) is 5.39. The molecule has 0 fully saturated rings. The number of rotatable bonds is 7. The topological polar surface area (TPSA) is 60.9 Å². The second-order valence-electron chi connectivity index (χ2n) is 5.69. The number of fused-ring (bicyclic) bond motifs is 1. The standard InChI is InChI=1S/C19H21N3OS/c1-2-17(18(20)23)24-19-21-15-10-6-7-11-16(15)22(19)13-12-14-8-4-3-5-9-14/h3-11,17H,2,12-13H2,1H3,(H2,20,23). The van der Waals surface area contributed by atoms with Crippen LogP contribution in [-0.2, 0) is 17.8 Å². The number of nitrogens with zero attached hydrogens (tertiary/aromatic N) is 2. The first-order valence-electron chi connectivity index (χ1n) is 8.14. The Labute approximate surface area is 146 Å². The number of carbonyl (C=O) groups excluding carboxylic acids is 1. The number of primary amides is 1. The Kier molecular flexibility index (Phi) is 5.20. The smallest absolute Gasteiger partial charge is 0.231 e. The molecule has 1 atom stereocenters. The highest BCUT2D eigenvalue weighted by Crippen LogP contribution is 2.29. The first kappa shape index (κ1) is 16.6. The van der Waals surface area contributed by atoms with Crippen molar-refractivity contribution in [3.05, 3.63) is 60.2 Å². The number of imidazole rings is 1. The molecule has 1 heterocycles. The molecule has 3 rings (SSSR count). The van der Waals surface area contributed by atoms with Gasteiger partial charge in [0.2, 0.25) is 5.91 Å². The van der Waals surface area contributed by atoms with Gasteiger partial charge in [0.1, 0.15) is 0 Å². The predicted molar refractivity (Wildman–Crippen MR) is 99.0 cm³/mol. The maximum absolute atomic E-state index is 11.6. The van der Waals surface area contributed by atoms with Crippen molar-refractivity contribution >= 4 is 28.7 Å². The Hall–Kier alpha value is -2.27. The van der Waals surface area contributed by atoms with Crippen LogP contribution in [0.25, 0.3) is 11.0 Å². The number of benzene rings is 2. The van der Waals surface area contributed by atoms with Crippen LogP contribution in [0.2, 0.25) is 0 Å². The fraction of sp³-hybridized carbons (Fsp3) is 0.263. The molecule has 2 aromatic carbocycles. The van der Waals surface area contributed by atoms with E-state index in [9.17, 15) is 4.79 Å². The first-order valence-corrected chi connectivity index (χ1v) is 9.02. The summed E-state index contributed by atoms with van der Waals surface area (Å²) in [7, 11) is 0. The van der Waals surface area contributed by atoms with Gasteiger partial charge in [-0.1, -0.05) is 61.2 Å². The second kappa shape index (κ2) is 7.53. The lowest BCUT2D eigenvalue weighted by Gasteiger charge is -2.13. The molecule has 124 valence electrons. The lowest BCUT2D eigenvalue weighted by atomic mass is 10.1. The molecule has 2 N–H and O–H groups in total. The van der Waals surface area contributed by atoms with Gasteiger partial charge < -0.3 is 10.3 Å². The number of aromatic nitrogens is 2. The molecule has 0 saturated heterocycles. The Bertz CT molecular complexity index is 829. The zero-order valence-corrected chi connectivity index (χ0v) is 14.5. The van der Waals surface area contributed by atoms with Gasteiger partial charge in [-0.2, -0.15) is 0 Å². The Morgan fingerprint density at radius 1 is 1.17 bits per heavy atom. The van der Waals surface area contributed by atoms with E-state index >= 15 is 0 Å². The van der Waals surface area contributed by atoms with Crippen molar-refractivity contribution in [3.8, 4) is 0 Å². The minimum atomic E-state index is -0.288. The molecule has 1 aromatic heterocycles. The Morgan fingerprint density at radius 2 is 1.88 bits per heavy atom. The molecule has 0 saturated carbocycles. The van der Waals surface area contributed by atoms with Gasteiger partial charge in [0.25, 0.3) is 0 Å². The molecular weight excluding hydrogens is 318 g/mol. The van der Waals surface area contributed by atoms with Gasteiger partial charge in [-0.3, -0.25) is 4.79 Å². The van der Waals surface area contributed by atoms with Gasteiger partial charge in [0.05, 0.1) is 16.3 Å². The van der Waals surface area contributed by atoms with E-state index in [1.807, 2.05) is 31.2 Å². The van der Waals surface area contributed by atoms with Crippen molar-refractivity contribution in [1.82, 2.24) is 9.55 Å². The molecule has 0 aliphatic carbocycles. The van der Waals surface area contributed by atoms with Crippen molar-refractivity contribution in [3.63, 3.8) is 0 Å². The number of hydrogen-bond donors (Lipinski definition) is 1. The minimum Gasteiger partial charge on any atom is -0.369 e. The van der Waals surface area contributed by atoms with Gasteiger partial charge in [0.15, 0.2) is 5.16 Å². The summed E-state index contributed by atoms with van der Waals surface area (Å²) in [5.41, 5.74) is 8.84. The quantitative estimate of drug-likeness (QED) is 0.669. The van der Waals surface area contributed by atoms with Crippen LogP contribution in [0.1, 0.15) is 18.9 Å². The van der Waals surface area contributed by atoms with Gasteiger partial charge in [0, 0.05) is 6.54 Å². The van der Waals surface area contributed by atoms with Crippen LogP contribution >= 0.6 is 11.8 Å². The summed E-state index contributed by atoms with van der Waals surface area (Å²) in [6.07, 6.45) is 1.62. The van der Waals surface area contributed by atoms with Crippen LogP contribution in [0.4, 0.5) is 0 Å². The third kappa shape index (κ3) is 3.62. The van der Waals surface area contributed by atoms with E-state index in [-0.39, 0.29) is 11.2 Å². The molecule has 0 bridgehead atoms. The van der Waals surface area contributed by atoms with Crippen LogP contribution in [0, 0.1) is 0 Å². The average Bonchev–Trinajstić information content (AvgIpc) is 2.95. The maximum Gasteiger partial charge on any atom is 0.231 e. The largest absolute Gasteiger partial charge is 0.369 e. The number of carbonyl (C=O) groups is 1. The summed E-state index contributed by atoms with van der Waals surface area (Å²) in [6, 6.07) is 18.5. The molecule has 1 amide bonds. The van der Waals surface area contributed by atoms with E-state index in [4.69, 9.17) is 10.7 Å². The summed E-state index contributed by atoms with van der Waals surface area (Å²) in [6.45, 7) is 2.79. The van der Waals surface area contributed by atoms with E-state index in [1.165, 1.54) is 17.3 Å². The van der Waals surface area contributed by atoms with Gasteiger partial charge in [-0.25, -0.2) is 4.98 Å². The van der Waals surface area contributed by atoms with Gasteiger partial charge in [-0.05, 0) is 30.5 Å². The molecule has 5 heteroatoms. The molecule has 1 unspecified atom stereocenters. The summed E-state index contributed by atoms with van der Waals surface area (Å²) in [5, 5.41) is 0.607. The summed E-state index contributed by atoms with van der Waals surface area (Å²) >= 11 is 1.46. The fourth-order valence-electron chi connectivity index (χ4n) is 2.71. The highest BCUT2D eigenvalue weighted by molar-refractivity contribution is 8.00. The minimum absolute atomic E-state index is 0.253. The Balaban J connectivity index is 1.91. The van der Waals surface area contributed by atoms with E-state index in [0.29, 0.717) is 6.42 Å². The van der Waals surface area contributed by atoms with Crippen LogP contribution in [0.15, 0.2) is 59.8 Å². The van der Waals surface area contributed by atoms with Crippen molar-refractivity contribution < 1.29 is 4.79 Å². The van der Waals surface area contributed by atoms with Crippen molar-refractivity contribution in [1.29, 1.82) is 0 Å². The number of aryl methyl sites for hydroxylation is 2. The summed E-state index contributed by atoms with van der Waals surface area (Å²) < 4.78 is 2.19. The van der Waals surface area contributed by atoms with Crippen molar-refractivity contribution in [2.45, 2.75) is 36.7 Å². The fourth-order valence-corrected chi connectivity index (χ4v) is 3.72. The molecule has 0 aliphatic heterocycles. The zero-order chi connectivity index (χ0) is 16.9. The zero-order valence-electron chi connectivity index (χ0n) is 13.7. The molecular formula is C19H21N3OS. The SMILES string of the molecule is CCC(Sc1nc2ccccc2n1CCc1ccccc1)C(N)=O. The van der Waals surface area contributed by atoms with E-state index in [1.54, 1.807) is 0 Å². The number of thioether (sulfide) groups is 1. The molecule has 24 heavy (non-hydrogen) atoms. The monoisotopic (exact) mass is 339 g/mol. The number of para-hydroxylation sites is 2. The number of nitrogens with two attached hydrogens (primary N) is 1. The molecule has 0 radical (unpaired) electrons. The van der Waals surface area contributed by atoms with Crippen LogP contribution < -0.4 is 5.73 Å². The van der Waals surface area contributed by atoms with Crippen LogP contribution in [0.3, 0.4) is 0 Å². The van der Waals surface area contributed by atoms with Crippen molar-refractivity contribution in [2.24, 2.45) is 5.73 Å².